The van der Waals surface area contributed by atoms with Crippen LogP contribution < -0.4 is 5.32 Å². The van der Waals surface area contributed by atoms with Crippen molar-refractivity contribution in [2.24, 2.45) is 5.92 Å². The van der Waals surface area contributed by atoms with Crippen molar-refractivity contribution in [3.63, 3.8) is 0 Å². The number of aromatic nitrogens is 4. The third-order valence-corrected chi connectivity index (χ3v) is 4.10. The fraction of sp³-hybridized carbons (Fsp3) is 0.611. The van der Waals surface area contributed by atoms with E-state index in [0.29, 0.717) is 18.9 Å². The molecule has 132 valence electrons. The number of carbonyl (C=O) groups excluding carboxylic acids is 1. The third kappa shape index (κ3) is 4.94. The number of rotatable bonds is 8. The van der Waals surface area contributed by atoms with Gasteiger partial charge in [0.1, 0.15) is 0 Å². The third-order valence-electron chi connectivity index (χ3n) is 4.10. The standard InChI is InChI=1S/C18H29N5O/c1-13(2)11-23-16(5)17(15(4)21-23)7-8-18(24)20-14(3)12-22-10-6-9-19-22/h6,9-10,13-14H,7-8,11-12H2,1-5H3,(H,20,24). The maximum Gasteiger partial charge on any atom is 0.220 e. The topological polar surface area (TPSA) is 64.7 Å². The molecule has 1 N–H and O–H groups in total. The van der Waals surface area contributed by atoms with E-state index in [4.69, 9.17) is 0 Å². The smallest absolute Gasteiger partial charge is 0.220 e. The summed E-state index contributed by atoms with van der Waals surface area (Å²) < 4.78 is 3.89. The van der Waals surface area contributed by atoms with Crippen molar-refractivity contribution in [3.8, 4) is 0 Å². The normalized spacial score (nSPS) is 12.6. The summed E-state index contributed by atoms with van der Waals surface area (Å²) >= 11 is 0. The highest BCUT2D eigenvalue weighted by atomic mass is 16.1. The molecule has 1 atom stereocenters. The summed E-state index contributed by atoms with van der Waals surface area (Å²) in [6.45, 7) is 12.1. The number of hydrogen-bond donors (Lipinski definition) is 1. The molecule has 0 aliphatic rings. The van der Waals surface area contributed by atoms with Gasteiger partial charge in [-0.3, -0.25) is 14.2 Å². The van der Waals surface area contributed by atoms with Crippen LogP contribution in [0.4, 0.5) is 0 Å². The van der Waals surface area contributed by atoms with Crippen molar-refractivity contribution < 1.29 is 4.79 Å². The second-order valence-electron chi connectivity index (χ2n) is 6.92. The van der Waals surface area contributed by atoms with Gasteiger partial charge in [-0.25, -0.2) is 0 Å². The zero-order chi connectivity index (χ0) is 17.7. The predicted molar refractivity (Wildman–Crippen MR) is 94.7 cm³/mol. The summed E-state index contributed by atoms with van der Waals surface area (Å²) in [5, 5.41) is 11.8. The largest absolute Gasteiger partial charge is 0.352 e. The van der Waals surface area contributed by atoms with Crippen LogP contribution in [0.25, 0.3) is 0 Å². The van der Waals surface area contributed by atoms with E-state index in [1.165, 1.54) is 11.3 Å². The van der Waals surface area contributed by atoms with E-state index in [1.54, 1.807) is 6.20 Å². The van der Waals surface area contributed by atoms with E-state index in [2.05, 4.69) is 41.0 Å². The molecule has 2 heterocycles. The first-order chi connectivity index (χ1) is 11.4. The van der Waals surface area contributed by atoms with Gasteiger partial charge in [-0.05, 0) is 44.7 Å². The molecule has 6 nitrogen and oxygen atoms in total. The second kappa shape index (κ2) is 8.13. The Hall–Kier alpha value is -2.11. The Morgan fingerprint density at radius 3 is 2.62 bits per heavy atom. The lowest BCUT2D eigenvalue weighted by Gasteiger charge is -2.14. The van der Waals surface area contributed by atoms with Gasteiger partial charge in [0.05, 0.1) is 12.2 Å². The SMILES string of the molecule is Cc1nn(CC(C)C)c(C)c1CCC(=O)NC(C)Cn1cccn1. The van der Waals surface area contributed by atoms with Crippen molar-refractivity contribution in [1.29, 1.82) is 0 Å². The van der Waals surface area contributed by atoms with Crippen LogP contribution in [0.5, 0.6) is 0 Å². The molecule has 24 heavy (non-hydrogen) atoms. The van der Waals surface area contributed by atoms with Gasteiger partial charge in [-0.15, -0.1) is 0 Å². The Kier molecular flexibility index (Phi) is 6.17. The number of carbonyl (C=O) groups is 1. The first-order valence-electron chi connectivity index (χ1n) is 8.66. The number of hydrogen-bond acceptors (Lipinski definition) is 3. The lowest BCUT2D eigenvalue weighted by molar-refractivity contribution is -0.121. The molecule has 0 saturated heterocycles. The van der Waals surface area contributed by atoms with Gasteiger partial charge in [0.2, 0.25) is 5.91 Å². The molecule has 1 amide bonds. The Morgan fingerprint density at radius 1 is 1.25 bits per heavy atom. The first-order valence-corrected chi connectivity index (χ1v) is 8.66. The van der Waals surface area contributed by atoms with E-state index in [0.717, 1.165) is 18.7 Å². The van der Waals surface area contributed by atoms with E-state index in [-0.39, 0.29) is 11.9 Å². The maximum atomic E-state index is 12.2. The molecule has 2 aromatic heterocycles. The van der Waals surface area contributed by atoms with Crippen LogP contribution in [0.15, 0.2) is 18.5 Å². The molecule has 0 aliphatic heterocycles. The van der Waals surface area contributed by atoms with Gasteiger partial charge in [-0.2, -0.15) is 10.2 Å². The Labute approximate surface area is 144 Å². The van der Waals surface area contributed by atoms with Crippen LogP contribution in [0.2, 0.25) is 0 Å². The summed E-state index contributed by atoms with van der Waals surface area (Å²) in [5.41, 5.74) is 3.41. The van der Waals surface area contributed by atoms with Crippen molar-refractivity contribution in [1.82, 2.24) is 24.9 Å². The summed E-state index contributed by atoms with van der Waals surface area (Å²) in [6.07, 6.45) is 4.86. The van der Waals surface area contributed by atoms with E-state index in [1.807, 2.05) is 30.8 Å². The van der Waals surface area contributed by atoms with Gasteiger partial charge in [0.15, 0.2) is 0 Å². The van der Waals surface area contributed by atoms with E-state index >= 15 is 0 Å². The molecule has 0 radical (unpaired) electrons. The van der Waals surface area contributed by atoms with Gasteiger partial charge in [-0.1, -0.05) is 13.8 Å². The average molecular weight is 331 g/mol. The average Bonchev–Trinajstić information content (AvgIpc) is 3.06. The molecule has 2 rings (SSSR count). The molecule has 0 aliphatic carbocycles. The summed E-state index contributed by atoms with van der Waals surface area (Å²) in [6, 6.07) is 1.94. The number of aryl methyl sites for hydroxylation is 1. The monoisotopic (exact) mass is 331 g/mol. The summed E-state index contributed by atoms with van der Waals surface area (Å²) in [7, 11) is 0. The van der Waals surface area contributed by atoms with Gasteiger partial charge < -0.3 is 5.32 Å². The number of nitrogens with zero attached hydrogens (tertiary/aromatic N) is 4. The zero-order valence-electron chi connectivity index (χ0n) is 15.4. The highest BCUT2D eigenvalue weighted by Crippen LogP contribution is 2.16. The lowest BCUT2D eigenvalue weighted by atomic mass is 10.1. The van der Waals surface area contributed by atoms with Gasteiger partial charge in [0.25, 0.3) is 0 Å². The Balaban J connectivity index is 1.86. The summed E-state index contributed by atoms with van der Waals surface area (Å²) in [4.78, 5) is 12.2. The number of nitrogens with one attached hydrogen (secondary N) is 1. The first kappa shape index (κ1) is 18.2. The van der Waals surface area contributed by atoms with Crippen LogP contribution in [-0.2, 0) is 24.3 Å². The molecule has 1 unspecified atom stereocenters. The van der Waals surface area contributed by atoms with Crippen molar-refractivity contribution in [2.45, 2.75) is 66.6 Å². The minimum absolute atomic E-state index is 0.0586. The van der Waals surface area contributed by atoms with Crippen LogP contribution in [-0.4, -0.2) is 31.5 Å². The molecule has 0 spiro atoms. The molecular formula is C18H29N5O. The second-order valence-corrected chi connectivity index (χ2v) is 6.92. The van der Waals surface area contributed by atoms with E-state index < -0.39 is 0 Å². The van der Waals surface area contributed by atoms with Crippen LogP contribution in [0.1, 0.15) is 44.1 Å². The fourth-order valence-corrected chi connectivity index (χ4v) is 2.94. The molecule has 0 aromatic carbocycles. The van der Waals surface area contributed by atoms with Crippen molar-refractivity contribution >= 4 is 5.91 Å². The minimum atomic E-state index is 0.0586. The quantitative estimate of drug-likeness (QED) is 0.808. The molecule has 0 bridgehead atoms. The van der Waals surface area contributed by atoms with Crippen LogP contribution >= 0.6 is 0 Å². The zero-order valence-corrected chi connectivity index (χ0v) is 15.4. The molecule has 0 saturated carbocycles. The Morgan fingerprint density at radius 2 is 2.00 bits per heavy atom. The van der Waals surface area contributed by atoms with Crippen molar-refractivity contribution in [2.75, 3.05) is 0 Å². The van der Waals surface area contributed by atoms with Crippen LogP contribution in [0, 0.1) is 19.8 Å². The number of amides is 1. The highest BCUT2D eigenvalue weighted by molar-refractivity contribution is 5.76. The molecular weight excluding hydrogens is 302 g/mol. The van der Waals surface area contributed by atoms with Crippen molar-refractivity contribution in [3.05, 3.63) is 35.4 Å². The highest BCUT2D eigenvalue weighted by Gasteiger charge is 2.14. The predicted octanol–water partition coefficient (Wildman–Crippen LogP) is 2.49. The molecule has 0 fully saturated rings. The lowest BCUT2D eigenvalue weighted by Crippen LogP contribution is -2.35. The fourth-order valence-electron chi connectivity index (χ4n) is 2.94. The van der Waals surface area contributed by atoms with E-state index in [9.17, 15) is 4.79 Å². The van der Waals surface area contributed by atoms with Gasteiger partial charge >= 0.3 is 0 Å². The molecule has 6 heteroatoms. The van der Waals surface area contributed by atoms with Gasteiger partial charge in [0, 0.05) is 37.1 Å². The summed E-state index contributed by atoms with van der Waals surface area (Å²) in [5.74, 6) is 0.632. The Bertz CT molecular complexity index is 657. The molecule has 2 aromatic rings. The maximum absolute atomic E-state index is 12.2. The van der Waals surface area contributed by atoms with Crippen LogP contribution in [0.3, 0.4) is 0 Å². The minimum Gasteiger partial charge on any atom is -0.352 e.